The molecule has 2 heterocycles. The summed E-state index contributed by atoms with van der Waals surface area (Å²) in [5, 5.41) is 4.19. The van der Waals surface area contributed by atoms with Crippen molar-refractivity contribution >= 4 is 23.5 Å². The first-order chi connectivity index (χ1) is 29.2. The van der Waals surface area contributed by atoms with Crippen molar-refractivity contribution in [2.45, 2.75) is 264 Å². The molecule has 0 aromatic heterocycles. The summed E-state index contributed by atoms with van der Waals surface area (Å²) in [6.45, 7) is 0. The normalized spacial score (nSPS) is 53.0. The lowest BCUT2D eigenvalue weighted by molar-refractivity contribution is -0.0245. The summed E-state index contributed by atoms with van der Waals surface area (Å²) < 4.78 is 0. The SMILES string of the molecule is C1CCC(C2CCC(N(C3CCC(C4CCC5C(CCC6CCCCC65)C4)CC3)C3CCC(C4CCCC5C6CCC7SC8CCCCC8C7C6SC45)CC3)CC2)CC1. The Kier molecular flexibility index (Phi) is 12.6. The Morgan fingerprint density at radius 3 is 1.49 bits per heavy atom. The molecule has 10 aliphatic carbocycles. The molecule has 12 fully saturated rings. The highest BCUT2D eigenvalue weighted by Crippen LogP contribution is 2.66. The van der Waals surface area contributed by atoms with E-state index in [0.717, 1.165) is 122 Å². The number of hydrogen-bond donors (Lipinski definition) is 0. The van der Waals surface area contributed by atoms with Gasteiger partial charge in [-0.15, -0.1) is 0 Å². The summed E-state index contributed by atoms with van der Waals surface area (Å²) >= 11 is 5.19. The molecule has 10 saturated carbocycles. The van der Waals surface area contributed by atoms with Gasteiger partial charge in [0.1, 0.15) is 0 Å². The van der Waals surface area contributed by atoms with E-state index in [9.17, 15) is 0 Å². The number of rotatable bonds is 6. The first-order valence-corrected chi connectivity index (χ1v) is 30.2. The van der Waals surface area contributed by atoms with Gasteiger partial charge in [0, 0.05) is 39.1 Å². The van der Waals surface area contributed by atoms with E-state index in [1.807, 2.05) is 0 Å². The average molecular weight is 842 g/mol. The fraction of sp³-hybridized carbons (Fsp3) is 1.00. The Morgan fingerprint density at radius 1 is 0.254 bits per heavy atom. The zero-order valence-corrected chi connectivity index (χ0v) is 39.8. The van der Waals surface area contributed by atoms with Crippen molar-refractivity contribution in [2.75, 3.05) is 0 Å². The second kappa shape index (κ2) is 18.1. The Bertz CT molecular complexity index is 1370. The smallest absolute Gasteiger partial charge is 0.0123 e. The molecule has 0 aromatic rings. The first kappa shape index (κ1) is 41.1. The minimum absolute atomic E-state index is 0.919. The summed E-state index contributed by atoms with van der Waals surface area (Å²) in [5.41, 5.74) is 0. The molecule has 2 aliphatic heterocycles. The molecule has 0 amide bonds. The van der Waals surface area contributed by atoms with Gasteiger partial charge < -0.3 is 0 Å². The number of fused-ring (bicyclic) bond motifs is 10. The Labute approximate surface area is 373 Å². The summed E-state index contributed by atoms with van der Waals surface area (Å²) in [5.74, 6) is 15.4. The van der Waals surface area contributed by atoms with Gasteiger partial charge in [0.25, 0.3) is 0 Å². The molecule has 0 bridgehead atoms. The molecule has 1 nitrogen and oxygen atoms in total. The molecular weight excluding hydrogens is 751 g/mol. The largest absolute Gasteiger partial charge is 0.294 e. The predicted molar refractivity (Wildman–Crippen MR) is 254 cm³/mol. The maximum Gasteiger partial charge on any atom is 0.0123 e. The van der Waals surface area contributed by atoms with Crippen LogP contribution in [0.15, 0.2) is 0 Å². The second-order valence-electron chi connectivity index (χ2n) is 25.1. The van der Waals surface area contributed by atoms with Gasteiger partial charge in [-0.3, -0.25) is 4.90 Å². The van der Waals surface area contributed by atoms with Crippen LogP contribution in [0.4, 0.5) is 0 Å². The van der Waals surface area contributed by atoms with Crippen molar-refractivity contribution in [3.8, 4) is 0 Å². The molecule has 59 heavy (non-hydrogen) atoms. The maximum atomic E-state index is 3.39. The maximum absolute atomic E-state index is 3.39. The van der Waals surface area contributed by atoms with Crippen LogP contribution in [0.3, 0.4) is 0 Å². The lowest BCUT2D eigenvalue weighted by atomic mass is 9.55. The molecule has 12 rings (SSSR count). The van der Waals surface area contributed by atoms with Crippen molar-refractivity contribution in [3.63, 3.8) is 0 Å². The van der Waals surface area contributed by atoms with E-state index < -0.39 is 0 Å². The number of thioether (sulfide) groups is 2. The second-order valence-corrected chi connectivity index (χ2v) is 28.0. The van der Waals surface area contributed by atoms with Gasteiger partial charge in [-0.1, -0.05) is 70.6 Å². The van der Waals surface area contributed by atoms with Crippen LogP contribution in [-0.2, 0) is 0 Å². The molecule has 0 radical (unpaired) electrons. The zero-order chi connectivity index (χ0) is 38.9. The van der Waals surface area contributed by atoms with Crippen LogP contribution in [0.5, 0.6) is 0 Å². The Morgan fingerprint density at radius 2 is 0.729 bits per heavy atom. The summed E-state index contributed by atoms with van der Waals surface area (Å²) in [6, 6.07) is 2.77. The highest BCUT2D eigenvalue weighted by atomic mass is 32.2. The quantitative estimate of drug-likeness (QED) is 0.262. The monoisotopic (exact) mass is 842 g/mol. The number of nitrogens with zero attached hydrogens (tertiary/aromatic N) is 1. The van der Waals surface area contributed by atoms with Crippen molar-refractivity contribution in [1.29, 1.82) is 0 Å². The standard InChI is InChI=1S/C56H91NS2/c1-2-9-36(10-3-1)37-19-26-43(27-20-37)57(44-28-21-38(22-29-44)41-25-32-47-42(35-41)18-17-39-11-4-5-12-46(39)47)45-30-23-40(24-31-45)48-14-8-15-49-50-33-34-53-54(56(50)59-55(48)49)51-13-6-7-16-52(51)58-53/h36-56H,1-35H2. The van der Waals surface area contributed by atoms with E-state index in [1.165, 1.54) is 25.7 Å². The van der Waals surface area contributed by atoms with Gasteiger partial charge in [-0.2, -0.15) is 23.5 Å². The molecule has 2 saturated heterocycles. The van der Waals surface area contributed by atoms with E-state index in [2.05, 4.69) is 28.4 Å². The molecule has 3 heteroatoms. The van der Waals surface area contributed by atoms with Crippen molar-refractivity contribution in [3.05, 3.63) is 0 Å². The van der Waals surface area contributed by atoms with Gasteiger partial charge in [0.15, 0.2) is 0 Å². The lowest BCUT2D eigenvalue weighted by Gasteiger charge is -2.53. The van der Waals surface area contributed by atoms with Crippen molar-refractivity contribution in [1.82, 2.24) is 4.90 Å². The first-order valence-electron chi connectivity index (χ1n) is 28.3. The van der Waals surface area contributed by atoms with Gasteiger partial charge in [-0.25, -0.2) is 0 Å². The summed E-state index contributed by atoms with van der Waals surface area (Å²) in [6.07, 6.45) is 55.3. The van der Waals surface area contributed by atoms with E-state index in [0.29, 0.717) is 0 Å². The van der Waals surface area contributed by atoms with E-state index >= 15 is 0 Å². The van der Waals surface area contributed by atoms with Crippen molar-refractivity contribution < 1.29 is 0 Å². The third-order valence-electron chi connectivity index (χ3n) is 23.0. The van der Waals surface area contributed by atoms with Gasteiger partial charge in [0.05, 0.1) is 0 Å². The van der Waals surface area contributed by atoms with E-state index in [1.54, 1.807) is 199 Å². The molecule has 0 spiro atoms. The van der Waals surface area contributed by atoms with Crippen LogP contribution in [-0.4, -0.2) is 44.0 Å². The molecule has 0 aromatic carbocycles. The molecule has 332 valence electrons. The van der Waals surface area contributed by atoms with Gasteiger partial charge >= 0.3 is 0 Å². The van der Waals surface area contributed by atoms with Gasteiger partial charge in [-0.05, 0) is 237 Å². The predicted octanol–water partition coefficient (Wildman–Crippen LogP) is 15.8. The lowest BCUT2D eigenvalue weighted by Crippen LogP contribution is -2.53. The third-order valence-corrected chi connectivity index (χ3v) is 26.8. The minimum Gasteiger partial charge on any atom is -0.294 e. The van der Waals surface area contributed by atoms with E-state index in [-0.39, 0.29) is 0 Å². The fourth-order valence-electron chi connectivity index (χ4n) is 20.4. The minimum atomic E-state index is 0.919. The molecule has 0 N–H and O–H groups in total. The Balaban J connectivity index is 0.700. The van der Waals surface area contributed by atoms with Crippen LogP contribution >= 0.6 is 23.5 Å². The van der Waals surface area contributed by atoms with E-state index in [4.69, 9.17) is 0 Å². The fourth-order valence-corrected chi connectivity index (χ4v) is 25.2. The van der Waals surface area contributed by atoms with Crippen LogP contribution in [0.25, 0.3) is 0 Å². The molecule has 14 unspecified atom stereocenters. The van der Waals surface area contributed by atoms with Crippen LogP contribution < -0.4 is 0 Å². The van der Waals surface area contributed by atoms with Crippen LogP contribution in [0.1, 0.15) is 225 Å². The van der Waals surface area contributed by atoms with Crippen molar-refractivity contribution in [2.24, 2.45) is 82.9 Å². The highest BCUT2D eigenvalue weighted by molar-refractivity contribution is 8.02. The van der Waals surface area contributed by atoms with Crippen LogP contribution in [0, 0.1) is 82.9 Å². The Hall–Kier alpha value is 0.660. The third kappa shape index (κ3) is 7.98. The summed E-state index contributed by atoms with van der Waals surface area (Å²) in [4.78, 5) is 3.39. The number of hydrogen-bond acceptors (Lipinski definition) is 3. The molecule has 12 aliphatic rings. The zero-order valence-electron chi connectivity index (χ0n) is 38.1. The molecular formula is C56H91NS2. The topological polar surface area (TPSA) is 3.24 Å². The molecule has 14 atom stereocenters. The van der Waals surface area contributed by atoms with Crippen LogP contribution in [0.2, 0.25) is 0 Å². The average Bonchev–Trinajstić information content (AvgIpc) is 3.89. The van der Waals surface area contributed by atoms with Gasteiger partial charge in [0.2, 0.25) is 0 Å². The highest BCUT2D eigenvalue weighted by Gasteiger charge is 2.59. The summed E-state index contributed by atoms with van der Waals surface area (Å²) in [7, 11) is 0.